The number of para-hydroxylation sites is 2. The summed E-state index contributed by atoms with van der Waals surface area (Å²) in [5.41, 5.74) is 3.56. The Morgan fingerprint density at radius 1 is 1.15 bits per heavy atom. The quantitative estimate of drug-likeness (QED) is 0.532. The van der Waals surface area contributed by atoms with E-state index >= 15 is 0 Å². The van der Waals surface area contributed by atoms with Crippen molar-refractivity contribution in [2.24, 2.45) is 5.41 Å². The monoisotopic (exact) mass is 450 g/mol. The first-order valence-corrected chi connectivity index (χ1v) is 12.1. The Kier molecular flexibility index (Phi) is 6.27. The second kappa shape index (κ2) is 8.73. The van der Waals surface area contributed by atoms with Gasteiger partial charge < -0.3 is 9.72 Å². The van der Waals surface area contributed by atoms with Crippen LogP contribution in [0.3, 0.4) is 0 Å². The molecule has 1 aliphatic heterocycles. The SMILES string of the molecule is CCOC(C)(C)C1(CCn2c(=O)[nH]c3ccccc32)CCN(C(C)(C)c2ccc(C)nc2)C1. The number of nitrogens with one attached hydrogen (secondary N) is 1. The second-order valence-corrected chi connectivity index (χ2v) is 10.5. The van der Waals surface area contributed by atoms with Crippen molar-refractivity contribution in [2.45, 2.75) is 72.1 Å². The molecule has 33 heavy (non-hydrogen) atoms. The lowest BCUT2D eigenvalue weighted by molar-refractivity contribution is -0.111. The van der Waals surface area contributed by atoms with Crippen molar-refractivity contribution in [3.8, 4) is 0 Å². The van der Waals surface area contributed by atoms with Gasteiger partial charge in [-0.25, -0.2) is 4.79 Å². The van der Waals surface area contributed by atoms with Crippen molar-refractivity contribution in [3.63, 3.8) is 0 Å². The molecule has 1 saturated heterocycles. The van der Waals surface area contributed by atoms with Gasteiger partial charge in [0.05, 0.1) is 16.6 Å². The molecular weight excluding hydrogens is 412 g/mol. The van der Waals surface area contributed by atoms with Crippen LogP contribution in [-0.2, 0) is 16.8 Å². The van der Waals surface area contributed by atoms with Crippen molar-refractivity contribution >= 4 is 11.0 Å². The maximum absolute atomic E-state index is 12.7. The summed E-state index contributed by atoms with van der Waals surface area (Å²) in [4.78, 5) is 22.8. The van der Waals surface area contributed by atoms with Crippen molar-refractivity contribution in [2.75, 3.05) is 19.7 Å². The third-order valence-corrected chi connectivity index (χ3v) is 8.04. The molecule has 1 atom stereocenters. The number of ether oxygens (including phenoxy) is 1. The van der Waals surface area contributed by atoms with Gasteiger partial charge in [0, 0.05) is 42.5 Å². The van der Waals surface area contributed by atoms with Gasteiger partial charge in [-0.15, -0.1) is 0 Å². The third-order valence-electron chi connectivity index (χ3n) is 8.04. The molecule has 3 aromatic rings. The predicted molar refractivity (Wildman–Crippen MR) is 134 cm³/mol. The van der Waals surface area contributed by atoms with Gasteiger partial charge in [0.1, 0.15) is 0 Å². The van der Waals surface area contributed by atoms with E-state index in [1.54, 1.807) is 0 Å². The maximum atomic E-state index is 12.7. The predicted octanol–water partition coefficient (Wildman–Crippen LogP) is 4.87. The number of aromatic amines is 1. The van der Waals surface area contributed by atoms with Gasteiger partial charge >= 0.3 is 5.69 Å². The van der Waals surface area contributed by atoms with E-state index in [4.69, 9.17) is 4.74 Å². The normalized spacial score (nSPS) is 20.1. The summed E-state index contributed by atoms with van der Waals surface area (Å²) in [7, 11) is 0. The standard InChI is InChI=1S/C27H38N4O2/c1-7-33-26(5,6)27(15-17-31-23-11-9-8-10-22(23)29-24(31)32)14-16-30(19-27)25(3,4)21-13-12-20(2)28-18-21/h8-13,18H,7,14-17,19H2,1-6H3,(H,29,32). The summed E-state index contributed by atoms with van der Waals surface area (Å²) >= 11 is 0. The van der Waals surface area contributed by atoms with Gasteiger partial charge in [0.2, 0.25) is 0 Å². The van der Waals surface area contributed by atoms with Crippen LogP contribution in [0, 0.1) is 12.3 Å². The zero-order valence-corrected chi connectivity index (χ0v) is 20.9. The number of hydrogen-bond donors (Lipinski definition) is 1. The number of imidazole rings is 1. The Morgan fingerprint density at radius 3 is 2.61 bits per heavy atom. The molecule has 0 bridgehead atoms. The van der Waals surface area contributed by atoms with Crippen molar-refractivity contribution in [1.29, 1.82) is 0 Å². The number of likely N-dealkylation sites (tertiary alicyclic amines) is 1. The molecule has 0 saturated carbocycles. The van der Waals surface area contributed by atoms with E-state index < -0.39 is 0 Å². The molecule has 1 N–H and O–H groups in total. The van der Waals surface area contributed by atoms with E-state index in [0.29, 0.717) is 13.2 Å². The number of aryl methyl sites for hydroxylation is 2. The molecule has 6 nitrogen and oxygen atoms in total. The van der Waals surface area contributed by atoms with Gasteiger partial charge in [0.15, 0.2) is 0 Å². The van der Waals surface area contributed by atoms with E-state index in [9.17, 15) is 4.79 Å². The first-order valence-electron chi connectivity index (χ1n) is 12.1. The topological polar surface area (TPSA) is 63.1 Å². The van der Waals surface area contributed by atoms with Crippen LogP contribution in [0.2, 0.25) is 0 Å². The van der Waals surface area contributed by atoms with E-state index in [-0.39, 0.29) is 22.2 Å². The number of H-pyrrole nitrogens is 1. The maximum Gasteiger partial charge on any atom is 0.326 e. The molecule has 1 aromatic carbocycles. The van der Waals surface area contributed by atoms with Gasteiger partial charge in [-0.2, -0.15) is 0 Å². The highest BCUT2D eigenvalue weighted by Gasteiger charge is 2.52. The lowest BCUT2D eigenvalue weighted by Crippen LogP contribution is -2.50. The highest BCUT2D eigenvalue weighted by atomic mass is 16.5. The molecule has 2 aromatic heterocycles. The van der Waals surface area contributed by atoms with Gasteiger partial charge in [-0.05, 0) is 84.7 Å². The Bertz CT molecular complexity index is 1160. The van der Waals surface area contributed by atoms with Crippen LogP contribution in [0.15, 0.2) is 47.4 Å². The highest BCUT2D eigenvalue weighted by molar-refractivity contribution is 5.74. The van der Waals surface area contributed by atoms with Crippen LogP contribution in [-0.4, -0.2) is 44.7 Å². The zero-order valence-electron chi connectivity index (χ0n) is 20.9. The molecule has 178 valence electrons. The molecule has 0 radical (unpaired) electrons. The number of rotatable bonds is 8. The first-order chi connectivity index (χ1) is 15.6. The number of nitrogens with zero attached hydrogens (tertiary/aromatic N) is 3. The van der Waals surface area contributed by atoms with E-state index in [0.717, 1.165) is 42.7 Å². The van der Waals surface area contributed by atoms with E-state index in [1.807, 2.05) is 42.0 Å². The van der Waals surface area contributed by atoms with Crippen molar-refractivity contribution in [3.05, 3.63) is 64.3 Å². The molecule has 0 aliphatic carbocycles. The average Bonchev–Trinajstić information content (AvgIpc) is 3.35. The number of benzene rings is 1. The van der Waals surface area contributed by atoms with Gasteiger partial charge in [0.25, 0.3) is 0 Å². The van der Waals surface area contributed by atoms with E-state index in [2.05, 4.69) is 61.6 Å². The molecule has 1 fully saturated rings. The Hall–Kier alpha value is -2.44. The summed E-state index contributed by atoms with van der Waals surface area (Å²) in [5, 5.41) is 0. The summed E-state index contributed by atoms with van der Waals surface area (Å²) in [6, 6.07) is 12.2. The second-order valence-electron chi connectivity index (χ2n) is 10.5. The molecule has 1 unspecified atom stereocenters. The molecule has 6 heteroatoms. The largest absolute Gasteiger partial charge is 0.375 e. The molecule has 3 heterocycles. The fourth-order valence-electron chi connectivity index (χ4n) is 5.53. The van der Waals surface area contributed by atoms with Gasteiger partial charge in [-0.3, -0.25) is 14.5 Å². The smallest absolute Gasteiger partial charge is 0.326 e. The Morgan fingerprint density at radius 2 is 1.91 bits per heavy atom. The van der Waals surface area contributed by atoms with Crippen LogP contribution >= 0.6 is 0 Å². The minimum atomic E-state index is -0.312. The highest BCUT2D eigenvalue weighted by Crippen LogP contribution is 2.49. The Labute approximate surface area is 197 Å². The lowest BCUT2D eigenvalue weighted by atomic mass is 9.70. The third kappa shape index (κ3) is 4.26. The fourth-order valence-corrected chi connectivity index (χ4v) is 5.53. The van der Waals surface area contributed by atoms with E-state index in [1.165, 1.54) is 5.56 Å². The molecule has 1 aliphatic rings. The molecular formula is C27H38N4O2. The molecule has 0 amide bonds. The Balaban J connectivity index is 1.64. The van der Waals surface area contributed by atoms with Crippen LogP contribution in [0.4, 0.5) is 0 Å². The van der Waals surface area contributed by atoms with Crippen molar-refractivity contribution in [1.82, 2.24) is 19.4 Å². The lowest BCUT2D eigenvalue weighted by Gasteiger charge is -2.46. The zero-order chi connectivity index (χ0) is 23.9. The first kappa shape index (κ1) is 23.7. The molecule has 0 spiro atoms. The van der Waals surface area contributed by atoms with Crippen LogP contribution in [0.5, 0.6) is 0 Å². The average molecular weight is 451 g/mol. The van der Waals surface area contributed by atoms with Crippen molar-refractivity contribution < 1.29 is 4.74 Å². The summed E-state index contributed by atoms with van der Waals surface area (Å²) in [6.45, 7) is 16.3. The summed E-state index contributed by atoms with van der Waals surface area (Å²) in [6.07, 6.45) is 3.91. The fraction of sp³-hybridized carbons (Fsp3) is 0.556. The van der Waals surface area contributed by atoms with Crippen LogP contribution < -0.4 is 5.69 Å². The number of pyridine rings is 1. The number of fused-ring (bicyclic) bond motifs is 1. The van der Waals surface area contributed by atoms with Gasteiger partial charge in [-0.1, -0.05) is 18.2 Å². The number of hydrogen-bond acceptors (Lipinski definition) is 4. The minimum Gasteiger partial charge on any atom is -0.375 e. The minimum absolute atomic E-state index is 0.0403. The van der Waals surface area contributed by atoms with Crippen LogP contribution in [0.25, 0.3) is 11.0 Å². The summed E-state index contributed by atoms with van der Waals surface area (Å²) < 4.78 is 8.24. The van der Waals surface area contributed by atoms with Crippen LogP contribution in [0.1, 0.15) is 58.7 Å². The number of aromatic nitrogens is 3. The summed E-state index contributed by atoms with van der Waals surface area (Å²) in [5.74, 6) is 0. The molecule has 4 rings (SSSR count).